The van der Waals surface area contributed by atoms with E-state index in [4.69, 9.17) is 0 Å². The van der Waals surface area contributed by atoms with Crippen LogP contribution < -0.4 is 0 Å². The average molecular weight is 254 g/mol. The fourth-order valence-corrected chi connectivity index (χ4v) is 2.38. The van der Waals surface area contributed by atoms with Gasteiger partial charge in [-0.1, -0.05) is 64.1 Å². The Hall–Kier alpha value is -1.63. The lowest BCUT2D eigenvalue weighted by atomic mass is 9.82. The molecule has 0 heterocycles. The third-order valence-electron chi connectivity index (χ3n) is 3.65. The SMILES string of the molecule is CCC(=O)c1cc(C(C)(C)C)ccc1C1C=CC=C1. The number of hydrogen-bond donors (Lipinski definition) is 0. The summed E-state index contributed by atoms with van der Waals surface area (Å²) in [6, 6.07) is 6.36. The Balaban J connectivity index is 2.52. The molecule has 0 saturated heterocycles. The van der Waals surface area contributed by atoms with Crippen molar-refractivity contribution < 1.29 is 4.79 Å². The minimum Gasteiger partial charge on any atom is -0.294 e. The molecule has 1 aromatic carbocycles. The molecule has 19 heavy (non-hydrogen) atoms. The predicted octanol–water partition coefficient (Wildman–Crippen LogP) is 4.79. The van der Waals surface area contributed by atoms with Crippen LogP contribution in [0.25, 0.3) is 0 Å². The van der Waals surface area contributed by atoms with Gasteiger partial charge in [0.2, 0.25) is 0 Å². The van der Waals surface area contributed by atoms with Crippen LogP contribution in [0, 0.1) is 0 Å². The molecule has 1 aliphatic carbocycles. The number of benzene rings is 1. The smallest absolute Gasteiger partial charge is 0.162 e. The van der Waals surface area contributed by atoms with Gasteiger partial charge in [-0.05, 0) is 22.6 Å². The summed E-state index contributed by atoms with van der Waals surface area (Å²) in [5.74, 6) is 0.481. The number of rotatable bonds is 3. The zero-order valence-electron chi connectivity index (χ0n) is 12.2. The molecule has 1 aromatic rings. The van der Waals surface area contributed by atoms with Gasteiger partial charge in [-0.3, -0.25) is 4.79 Å². The molecule has 0 bridgehead atoms. The Kier molecular flexibility index (Phi) is 3.75. The molecule has 0 aliphatic heterocycles. The molecule has 2 rings (SSSR count). The Morgan fingerprint density at radius 2 is 1.79 bits per heavy atom. The number of carbonyl (C=O) groups excluding carboxylic acids is 1. The van der Waals surface area contributed by atoms with Crippen LogP contribution >= 0.6 is 0 Å². The molecule has 0 fully saturated rings. The molecule has 1 aliphatic rings. The van der Waals surface area contributed by atoms with Crippen LogP contribution in [0.15, 0.2) is 42.5 Å². The van der Waals surface area contributed by atoms with Gasteiger partial charge in [0, 0.05) is 17.9 Å². The van der Waals surface area contributed by atoms with E-state index in [0.717, 1.165) is 11.1 Å². The lowest BCUT2D eigenvalue weighted by Gasteiger charge is -2.22. The third-order valence-corrected chi connectivity index (χ3v) is 3.65. The van der Waals surface area contributed by atoms with Gasteiger partial charge in [0.15, 0.2) is 5.78 Å². The van der Waals surface area contributed by atoms with Crippen molar-refractivity contribution in [2.24, 2.45) is 0 Å². The van der Waals surface area contributed by atoms with Gasteiger partial charge in [0.1, 0.15) is 0 Å². The van der Waals surface area contributed by atoms with E-state index in [0.29, 0.717) is 6.42 Å². The summed E-state index contributed by atoms with van der Waals surface area (Å²) in [7, 11) is 0. The summed E-state index contributed by atoms with van der Waals surface area (Å²) < 4.78 is 0. The zero-order chi connectivity index (χ0) is 14.0. The summed E-state index contributed by atoms with van der Waals surface area (Å²) in [5.41, 5.74) is 3.31. The van der Waals surface area contributed by atoms with E-state index in [2.05, 4.69) is 51.1 Å². The second-order valence-corrected chi connectivity index (χ2v) is 6.12. The minimum atomic E-state index is 0.0721. The fourth-order valence-electron chi connectivity index (χ4n) is 2.38. The topological polar surface area (TPSA) is 17.1 Å². The van der Waals surface area contributed by atoms with Gasteiger partial charge in [-0.15, -0.1) is 0 Å². The van der Waals surface area contributed by atoms with E-state index in [9.17, 15) is 4.79 Å². The largest absolute Gasteiger partial charge is 0.294 e. The molecule has 0 unspecified atom stereocenters. The van der Waals surface area contributed by atoms with Crippen LogP contribution in [0.3, 0.4) is 0 Å². The van der Waals surface area contributed by atoms with Crippen LogP contribution in [0.2, 0.25) is 0 Å². The van der Waals surface area contributed by atoms with E-state index in [1.54, 1.807) is 0 Å². The summed E-state index contributed by atoms with van der Waals surface area (Å²) in [6.45, 7) is 8.46. The summed E-state index contributed by atoms with van der Waals surface area (Å²) in [6.07, 6.45) is 8.92. The number of hydrogen-bond acceptors (Lipinski definition) is 1. The molecule has 100 valence electrons. The quantitative estimate of drug-likeness (QED) is 0.709. The molecule has 1 nitrogen and oxygen atoms in total. The third kappa shape index (κ3) is 2.86. The second-order valence-electron chi connectivity index (χ2n) is 6.12. The highest BCUT2D eigenvalue weighted by Crippen LogP contribution is 2.31. The molecule has 1 heteroatoms. The summed E-state index contributed by atoms with van der Waals surface area (Å²) >= 11 is 0. The molecule has 0 amide bonds. The molecule has 0 aromatic heterocycles. The monoisotopic (exact) mass is 254 g/mol. The lowest BCUT2D eigenvalue weighted by molar-refractivity contribution is 0.0987. The van der Waals surface area contributed by atoms with Gasteiger partial charge in [-0.2, -0.15) is 0 Å². The van der Waals surface area contributed by atoms with Crippen molar-refractivity contribution >= 4 is 5.78 Å². The Morgan fingerprint density at radius 3 is 2.32 bits per heavy atom. The molecular formula is C18H22O. The Bertz CT molecular complexity index is 529. The van der Waals surface area contributed by atoms with E-state index in [1.807, 2.05) is 19.1 Å². The Morgan fingerprint density at radius 1 is 1.16 bits per heavy atom. The van der Waals surface area contributed by atoms with Crippen LogP contribution in [0.5, 0.6) is 0 Å². The normalized spacial score (nSPS) is 15.2. The van der Waals surface area contributed by atoms with Crippen molar-refractivity contribution in [1.29, 1.82) is 0 Å². The van der Waals surface area contributed by atoms with Crippen LogP contribution in [0.1, 0.15) is 61.5 Å². The standard InChI is InChI=1S/C18H22O/c1-5-17(19)16-12-14(18(2,3)4)10-11-15(16)13-8-6-7-9-13/h6-13H,5H2,1-4H3. The van der Waals surface area contributed by atoms with Gasteiger partial charge in [0.25, 0.3) is 0 Å². The van der Waals surface area contributed by atoms with Crippen LogP contribution in [0.4, 0.5) is 0 Å². The molecular weight excluding hydrogens is 232 g/mol. The fraction of sp³-hybridized carbons (Fsp3) is 0.389. The maximum Gasteiger partial charge on any atom is 0.162 e. The highest BCUT2D eigenvalue weighted by Gasteiger charge is 2.20. The van der Waals surface area contributed by atoms with Crippen molar-refractivity contribution in [2.75, 3.05) is 0 Å². The maximum absolute atomic E-state index is 12.2. The van der Waals surface area contributed by atoms with Crippen molar-refractivity contribution in [2.45, 2.75) is 45.4 Å². The van der Waals surface area contributed by atoms with Gasteiger partial charge in [0.05, 0.1) is 0 Å². The number of allylic oxidation sites excluding steroid dienone is 4. The molecule has 0 N–H and O–H groups in total. The first-order valence-corrected chi connectivity index (χ1v) is 6.96. The van der Waals surface area contributed by atoms with Crippen molar-refractivity contribution in [1.82, 2.24) is 0 Å². The van der Waals surface area contributed by atoms with Crippen LogP contribution in [-0.2, 0) is 5.41 Å². The van der Waals surface area contributed by atoms with Gasteiger partial charge in [-0.25, -0.2) is 0 Å². The maximum atomic E-state index is 12.2. The molecule has 0 saturated carbocycles. The van der Waals surface area contributed by atoms with Crippen molar-refractivity contribution in [3.63, 3.8) is 0 Å². The first-order valence-electron chi connectivity index (χ1n) is 6.96. The van der Waals surface area contributed by atoms with E-state index in [1.165, 1.54) is 5.56 Å². The van der Waals surface area contributed by atoms with Crippen molar-refractivity contribution in [3.05, 3.63) is 59.2 Å². The van der Waals surface area contributed by atoms with E-state index in [-0.39, 0.29) is 17.1 Å². The summed E-state index contributed by atoms with van der Waals surface area (Å²) in [4.78, 5) is 12.2. The minimum absolute atomic E-state index is 0.0721. The van der Waals surface area contributed by atoms with Crippen LogP contribution in [-0.4, -0.2) is 5.78 Å². The Labute approximate surface area is 116 Å². The molecule has 0 atom stereocenters. The first kappa shape index (κ1) is 13.8. The van der Waals surface area contributed by atoms with Gasteiger partial charge < -0.3 is 0 Å². The number of carbonyl (C=O) groups is 1. The molecule has 0 radical (unpaired) electrons. The highest BCUT2D eigenvalue weighted by atomic mass is 16.1. The highest BCUT2D eigenvalue weighted by molar-refractivity contribution is 5.98. The van der Waals surface area contributed by atoms with Gasteiger partial charge >= 0.3 is 0 Å². The number of ketones is 1. The van der Waals surface area contributed by atoms with E-state index < -0.39 is 0 Å². The zero-order valence-corrected chi connectivity index (χ0v) is 12.2. The predicted molar refractivity (Wildman–Crippen MR) is 80.8 cm³/mol. The first-order chi connectivity index (χ1) is 8.93. The number of Topliss-reactive ketones (excluding diaryl/α,β-unsaturated/α-hetero) is 1. The average Bonchev–Trinajstić information content (AvgIpc) is 2.89. The molecule has 0 spiro atoms. The van der Waals surface area contributed by atoms with Crippen molar-refractivity contribution in [3.8, 4) is 0 Å². The summed E-state index contributed by atoms with van der Waals surface area (Å²) in [5, 5.41) is 0. The lowest BCUT2D eigenvalue weighted by Crippen LogP contribution is -2.14. The van der Waals surface area contributed by atoms with E-state index >= 15 is 0 Å². The second kappa shape index (κ2) is 5.16.